The molecule has 0 radical (unpaired) electrons. The van der Waals surface area contributed by atoms with Gasteiger partial charge in [-0.25, -0.2) is 0 Å². The van der Waals surface area contributed by atoms with Crippen molar-refractivity contribution in [2.75, 3.05) is 40.4 Å². The third-order valence-electron chi connectivity index (χ3n) is 4.64. The van der Waals surface area contributed by atoms with E-state index in [2.05, 4.69) is 10.3 Å². The number of carbonyl (C=O) groups excluding carboxylic acids is 1. The summed E-state index contributed by atoms with van der Waals surface area (Å²) in [6, 6.07) is 7.33. The Morgan fingerprint density at radius 3 is 2.85 bits per heavy atom. The Morgan fingerprint density at radius 2 is 2.19 bits per heavy atom. The van der Waals surface area contributed by atoms with Gasteiger partial charge in [-0.2, -0.15) is 0 Å². The van der Waals surface area contributed by atoms with Crippen molar-refractivity contribution in [3.8, 4) is 5.75 Å². The molecule has 3 unspecified atom stereocenters. The normalized spacial score (nSPS) is 21.4. The summed E-state index contributed by atoms with van der Waals surface area (Å²) >= 11 is 0. The molecule has 1 aliphatic rings. The summed E-state index contributed by atoms with van der Waals surface area (Å²) in [4.78, 5) is 18.5. The molecular weight excluding hydrogens is 334 g/mol. The fourth-order valence-electron chi connectivity index (χ4n) is 3.15. The third kappa shape index (κ3) is 4.88. The van der Waals surface area contributed by atoms with Crippen molar-refractivity contribution in [2.45, 2.75) is 20.0 Å². The Hall–Kier alpha value is -2.28. The van der Waals surface area contributed by atoms with Crippen LogP contribution >= 0.6 is 0 Å². The van der Waals surface area contributed by atoms with Gasteiger partial charge < -0.3 is 24.8 Å². The Bertz CT molecular complexity index is 635. The molecule has 0 aliphatic carbocycles. The monoisotopic (exact) mass is 363 g/mol. The lowest BCUT2D eigenvalue weighted by Crippen LogP contribution is -2.41. The summed E-state index contributed by atoms with van der Waals surface area (Å²) in [5.74, 6) is 1.24. The number of carbonyl (C=O) groups is 1. The zero-order valence-electron chi connectivity index (χ0n) is 15.9. The first-order valence-electron chi connectivity index (χ1n) is 8.93. The van der Waals surface area contributed by atoms with Crippen LogP contribution in [-0.2, 0) is 9.53 Å². The number of benzene rings is 1. The van der Waals surface area contributed by atoms with Crippen LogP contribution in [0.25, 0.3) is 0 Å². The number of likely N-dealkylation sites (tertiary alicyclic amines) is 1. The number of rotatable bonds is 6. The molecular formula is C19H29N3O4. The minimum absolute atomic E-state index is 0.160. The fourth-order valence-corrected chi connectivity index (χ4v) is 3.15. The second kappa shape index (κ2) is 9.43. The van der Waals surface area contributed by atoms with Gasteiger partial charge >= 0.3 is 5.97 Å². The van der Waals surface area contributed by atoms with Gasteiger partial charge in [0.05, 0.1) is 32.8 Å². The average Bonchev–Trinajstić information content (AvgIpc) is 3.05. The van der Waals surface area contributed by atoms with Gasteiger partial charge in [0.1, 0.15) is 5.75 Å². The Balaban J connectivity index is 2.07. The second-order valence-corrected chi connectivity index (χ2v) is 6.50. The maximum atomic E-state index is 11.9. The minimum atomic E-state index is -0.727. The average molecular weight is 363 g/mol. The van der Waals surface area contributed by atoms with E-state index in [9.17, 15) is 9.90 Å². The standard InChI is InChI=1S/C19H29N3O4/c1-5-20-19(22-11-13(2)16(12-22)18(24)26-4)21-10-17(23)14-7-6-8-15(9-14)25-3/h6-9,13,16-17,23H,5,10-12H2,1-4H3,(H,20,21). The van der Waals surface area contributed by atoms with Crippen LogP contribution in [0.3, 0.4) is 0 Å². The van der Waals surface area contributed by atoms with Gasteiger partial charge in [-0.05, 0) is 30.5 Å². The molecule has 0 saturated carbocycles. The lowest BCUT2D eigenvalue weighted by molar-refractivity contribution is -0.145. The zero-order valence-corrected chi connectivity index (χ0v) is 15.9. The van der Waals surface area contributed by atoms with Crippen molar-refractivity contribution >= 4 is 11.9 Å². The first-order chi connectivity index (χ1) is 12.5. The molecule has 0 spiro atoms. The Kier molecular flexibility index (Phi) is 7.26. The van der Waals surface area contributed by atoms with Crippen LogP contribution in [0.2, 0.25) is 0 Å². The SMILES string of the molecule is CCNC(=NCC(O)c1cccc(OC)c1)N1CC(C)C(C(=O)OC)C1. The number of hydrogen-bond acceptors (Lipinski definition) is 5. The molecule has 2 rings (SSSR count). The van der Waals surface area contributed by atoms with Gasteiger partial charge in [-0.1, -0.05) is 19.1 Å². The van der Waals surface area contributed by atoms with Crippen molar-refractivity contribution in [1.82, 2.24) is 10.2 Å². The second-order valence-electron chi connectivity index (χ2n) is 6.50. The first-order valence-corrected chi connectivity index (χ1v) is 8.93. The van der Waals surface area contributed by atoms with E-state index in [1.54, 1.807) is 13.2 Å². The summed E-state index contributed by atoms with van der Waals surface area (Å²) in [5, 5.41) is 13.7. The highest BCUT2D eigenvalue weighted by atomic mass is 16.5. The van der Waals surface area contributed by atoms with E-state index in [0.717, 1.165) is 12.1 Å². The van der Waals surface area contributed by atoms with Crippen molar-refractivity contribution in [3.63, 3.8) is 0 Å². The number of nitrogens with one attached hydrogen (secondary N) is 1. The van der Waals surface area contributed by atoms with Crippen LogP contribution in [0, 0.1) is 11.8 Å². The van der Waals surface area contributed by atoms with Crippen molar-refractivity contribution in [2.24, 2.45) is 16.8 Å². The number of guanidine groups is 1. The number of esters is 1. The molecule has 7 heteroatoms. The van der Waals surface area contributed by atoms with Gasteiger partial charge in [-0.3, -0.25) is 9.79 Å². The number of methoxy groups -OCH3 is 2. The third-order valence-corrected chi connectivity index (χ3v) is 4.64. The van der Waals surface area contributed by atoms with Gasteiger partial charge in [0.15, 0.2) is 5.96 Å². The van der Waals surface area contributed by atoms with E-state index < -0.39 is 6.10 Å². The van der Waals surface area contributed by atoms with Crippen LogP contribution in [0.5, 0.6) is 5.75 Å². The van der Waals surface area contributed by atoms with E-state index in [4.69, 9.17) is 9.47 Å². The van der Waals surface area contributed by atoms with Gasteiger partial charge in [0.25, 0.3) is 0 Å². The Labute approximate surface area is 155 Å². The summed E-state index contributed by atoms with van der Waals surface area (Å²) in [5.41, 5.74) is 0.756. The molecule has 1 aromatic rings. The molecule has 0 aromatic heterocycles. The number of hydrogen-bond donors (Lipinski definition) is 2. The predicted molar refractivity (Wildman–Crippen MR) is 100 cm³/mol. The van der Waals surface area contributed by atoms with Gasteiger partial charge in [0, 0.05) is 19.6 Å². The van der Waals surface area contributed by atoms with Crippen LogP contribution in [-0.4, -0.2) is 62.3 Å². The smallest absolute Gasteiger partial charge is 0.310 e. The molecule has 0 bridgehead atoms. The fraction of sp³-hybridized carbons (Fsp3) is 0.579. The largest absolute Gasteiger partial charge is 0.497 e. The van der Waals surface area contributed by atoms with E-state index in [-0.39, 0.29) is 24.3 Å². The number of aliphatic hydroxyl groups excluding tert-OH is 1. The number of ether oxygens (including phenoxy) is 2. The van der Waals surface area contributed by atoms with Crippen molar-refractivity contribution in [1.29, 1.82) is 0 Å². The number of nitrogens with zero attached hydrogens (tertiary/aromatic N) is 2. The van der Waals surface area contributed by atoms with Crippen LogP contribution in [0.1, 0.15) is 25.5 Å². The van der Waals surface area contributed by atoms with E-state index in [0.29, 0.717) is 24.8 Å². The molecule has 144 valence electrons. The lowest BCUT2D eigenvalue weighted by Gasteiger charge is -2.22. The van der Waals surface area contributed by atoms with Gasteiger partial charge in [-0.15, -0.1) is 0 Å². The molecule has 2 N–H and O–H groups in total. The predicted octanol–water partition coefficient (Wildman–Crippen LogP) is 1.43. The van der Waals surface area contributed by atoms with Crippen molar-refractivity contribution < 1.29 is 19.4 Å². The highest BCUT2D eigenvalue weighted by molar-refractivity contribution is 5.82. The van der Waals surface area contributed by atoms with E-state index >= 15 is 0 Å². The molecule has 3 atom stereocenters. The van der Waals surface area contributed by atoms with E-state index in [1.165, 1.54) is 7.11 Å². The molecule has 1 heterocycles. The molecule has 1 saturated heterocycles. The minimum Gasteiger partial charge on any atom is -0.497 e. The maximum Gasteiger partial charge on any atom is 0.310 e. The number of aliphatic imine (C=N–C) groups is 1. The quantitative estimate of drug-likeness (QED) is 0.452. The summed E-state index contributed by atoms with van der Waals surface area (Å²) in [7, 11) is 3.01. The molecule has 1 aliphatic heterocycles. The maximum absolute atomic E-state index is 11.9. The van der Waals surface area contributed by atoms with Crippen LogP contribution in [0.4, 0.5) is 0 Å². The zero-order chi connectivity index (χ0) is 19.1. The topological polar surface area (TPSA) is 83.4 Å². The highest BCUT2D eigenvalue weighted by Gasteiger charge is 2.36. The van der Waals surface area contributed by atoms with Gasteiger partial charge in [0.2, 0.25) is 0 Å². The first kappa shape index (κ1) is 20.0. The summed E-state index contributed by atoms with van der Waals surface area (Å²) in [6.45, 7) is 6.25. The van der Waals surface area contributed by atoms with Crippen LogP contribution < -0.4 is 10.1 Å². The summed E-state index contributed by atoms with van der Waals surface area (Å²) < 4.78 is 10.1. The molecule has 26 heavy (non-hydrogen) atoms. The highest BCUT2D eigenvalue weighted by Crippen LogP contribution is 2.24. The molecule has 7 nitrogen and oxygen atoms in total. The molecule has 1 fully saturated rings. The van der Waals surface area contributed by atoms with Crippen LogP contribution in [0.15, 0.2) is 29.3 Å². The summed E-state index contributed by atoms with van der Waals surface area (Å²) in [6.07, 6.45) is -0.727. The number of aliphatic hydroxyl groups is 1. The molecule has 0 amide bonds. The molecule has 1 aromatic carbocycles. The Morgan fingerprint density at radius 1 is 1.42 bits per heavy atom. The van der Waals surface area contributed by atoms with Crippen molar-refractivity contribution in [3.05, 3.63) is 29.8 Å². The van der Waals surface area contributed by atoms with E-state index in [1.807, 2.05) is 36.9 Å². The lowest BCUT2D eigenvalue weighted by atomic mass is 9.99.